The Balaban J connectivity index is 1.27. The van der Waals surface area contributed by atoms with E-state index < -0.39 is 0 Å². The number of carbonyl (C=O) groups is 2. The van der Waals surface area contributed by atoms with E-state index in [1.807, 2.05) is 18.2 Å². The number of carbonyl (C=O) groups excluding carboxylic acids is 2. The molecular weight excluding hydrogens is 447 g/mol. The average molecular weight is 477 g/mol. The van der Waals surface area contributed by atoms with Crippen LogP contribution in [0.15, 0.2) is 42.5 Å². The van der Waals surface area contributed by atoms with Crippen LogP contribution >= 0.6 is 23.2 Å². The second-order valence-corrected chi connectivity index (χ2v) is 9.07. The first-order valence-electron chi connectivity index (χ1n) is 11.1. The van der Waals surface area contributed by atoms with Crippen molar-refractivity contribution in [1.82, 2.24) is 10.2 Å². The molecule has 1 fully saturated rings. The van der Waals surface area contributed by atoms with E-state index in [0.717, 1.165) is 56.6 Å². The molecule has 3 rings (SSSR count). The smallest absolute Gasteiger partial charge is 0.220 e. The molecule has 1 aliphatic rings. The van der Waals surface area contributed by atoms with Crippen LogP contribution in [0.2, 0.25) is 10.0 Å². The van der Waals surface area contributed by atoms with Gasteiger partial charge >= 0.3 is 0 Å². The molecule has 1 amide bonds. The van der Waals surface area contributed by atoms with Crippen molar-refractivity contribution in [3.8, 4) is 5.75 Å². The Hall–Kier alpha value is -2.08. The van der Waals surface area contributed by atoms with Crippen molar-refractivity contribution >= 4 is 34.9 Å². The number of Topliss-reactive ketones (excluding diaryl/α,β-unsaturated/α-hetero) is 1. The van der Waals surface area contributed by atoms with Crippen LogP contribution in [0.25, 0.3) is 0 Å². The number of benzene rings is 2. The summed E-state index contributed by atoms with van der Waals surface area (Å²) < 4.78 is 5.68. The van der Waals surface area contributed by atoms with E-state index >= 15 is 0 Å². The van der Waals surface area contributed by atoms with Crippen molar-refractivity contribution in [3.63, 3.8) is 0 Å². The van der Waals surface area contributed by atoms with Crippen LogP contribution in [0.4, 0.5) is 0 Å². The Morgan fingerprint density at radius 3 is 2.41 bits per heavy atom. The predicted molar refractivity (Wildman–Crippen MR) is 129 cm³/mol. The van der Waals surface area contributed by atoms with Crippen LogP contribution in [0.5, 0.6) is 5.75 Å². The summed E-state index contributed by atoms with van der Waals surface area (Å²) in [4.78, 5) is 25.9. The standard InChI is InChI=1S/C25H30Cl2N2O3/c1-18(30)20-6-8-22(9-7-20)32-15-3-2-4-25(31)28-21-11-13-29(14-12-21)17-19-5-10-23(26)24(27)16-19/h5-10,16,21H,2-4,11-15,17H2,1H3,(H,28,31). The summed E-state index contributed by atoms with van der Waals surface area (Å²) in [6, 6.07) is 13.1. The normalized spacial score (nSPS) is 14.8. The van der Waals surface area contributed by atoms with Crippen molar-refractivity contribution in [2.24, 2.45) is 0 Å². The third-order valence-corrected chi connectivity index (χ3v) is 6.41. The summed E-state index contributed by atoms with van der Waals surface area (Å²) in [7, 11) is 0. The van der Waals surface area contributed by atoms with Crippen molar-refractivity contribution < 1.29 is 14.3 Å². The highest BCUT2D eigenvalue weighted by Crippen LogP contribution is 2.24. The van der Waals surface area contributed by atoms with E-state index in [1.165, 1.54) is 0 Å². The maximum Gasteiger partial charge on any atom is 0.220 e. The molecule has 1 aliphatic heterocycles. The van der Waals surface area contributed by atoms with Crippen LogP contribution in [-0.4, -0.2) is 42.3 Å². The van der Waals surface area contributed by atoms with Gasteiger partial charge in [-0.3, -0.25) is 14.5 Å². The molecule has 0 spiro atoms. The maximum absolute atomic E-state index is 12.3. The molecule has 0 aliphatic carbocycles. The van der Waals surface area contributed by atoms with E-state index in [0.29, 0.717) is 28.6 Å². The highest BCUT2D eigenvalue weighted by Gasteiger charge is 2.20. The molecule has 5 nitrogen and oxygen atoms in total. The summed E-state index contributed by atoms with van der Waals surface area (Å²) in [5.41, 5.74) is 1.83. The molecule has 0 aromatic heterocycles. The molecule has 1 N–H and O–H groups in total. The molecule has 0 atom stereocenters. The minimum atomic E-state index is 0.0414. The molecule has 1 saturated heterocycles. The summed E-state index contributed by atoms with van der Waals surface area (Å²) >= 11 is 12.1. The largest absolute Gasteiger partial charge is 0.494 e. The van der Waals surface area contributed by atoms with Crippen LogP contribution in [0.1, 0.15) is 54.9 Å². The van der Waals surface area contributed by atoms with E-state index in [-0.39, 0.29) is 17.7 Å². The topological polar surface area (TPSA) is 58.6 Å². The number of nitrogens with zero attached hydrogens (tertiary/aromatic N) is 1. The fraction of sp³-hybridized carbons (Fsp3) is 0.440. The zero-order chi connectivity index (χ0) is 22.9. The van der Waals surface area contributed by atoms with Crippen LogP contribution in [0, 0.1) is 0 Å². The van der Waals surface area contributed by atoms with Gasteiger partial charge in [-0.15, -0.1) is 0 Å². The molecule has 0 radical (unpaired) electrons. The molecule has 32 heavy (non-hydrogen) atoms. The second kappa shape index (κ2) is 12.2. The van der Waals surface area contributed by atoms with Gasteiger partial charge in [0.25, 0.3) is 0 Å². The fourth-order valence-electron chi connectivity index (χ4n) is 3.79. The summed E-state index contributed by atoms with van der Waals surface area (Å²) in [6.07, 6.45) is 4.01. The minimum absolute atomic E-state index is 0.0414. The van der Waals surface area contributed by atoms with Crippen molar-refractivity contribution in [2.75, 3.05) is 19.7 Å². The molecular formula is C25H30Cl2N2O3. The number of ether oxygens (including phenoxy) is 1. The van der Waals surface area contributed by atoms with Crippen molar-refractivity contribution in [3.05, 3.63) is 63.6 Å². The van der Waals surface area contributed by atoms with Gasteiger partial charge in [0.15, 0.2) is 5.78 Å². The number of rotatable bonds is 10. The van der Waals surface area contributed by atoms with E-state index in [4.69, 9.17) is 27.9 Å². The average Bonchev–Trinajstić information content (AvgIpc) is 2.78. The number of piperidine rings is 1. The summed E-state index contributed by atoms with van der Waals surface area (Å²) in [6.45, 7) is 4.83. The number of unbranched alkanes of at least 4 members (excludes halogenated alkanes) is 1. The zero-order valence-electron chi connectivity index (χ0n) is 18.4. The number of amides is 1. The van der Waals surface area contributed by atoms with Crippen LogP contribution < -0.4 is 10.1 Å². The molecule has 0 bridgehead atoms. The summed E-state index contributed by atoms with van der Waals surface area (Å²) in [5, 5.41) is 4.33. The zero-order valence-corrected chi connectivity index (χ0v) is 19.9. The van der Waals surface area contributed by atoms with Crippen LogP contribution in [-0.2, 0) is 11.3 Å². The Kier molecular flexibility index (Phi) is 9.39. The molecule has 172 valence electrons. The molecule has 1 heterocycles. The molecule has 2 aromatic carbocycles. The number of likely N-dealkylation sites (tertiary alicyclic amines) is 1. The van der Waals surface area contributed by atoms with Gasteiger partial charge in [0.2, 0.25) is 5.91 Å². The third-order valence-electron chi connectivity index (χ3n) is 5.67. The molecule has 7 heteroatoms. The first-order valence-corrected chi connectivity index (χ1v) is 11.9. The Morgan fingerprint density at radius 1 is 1.03 bits per heavy atom. The van der Waals surface area contributed by atoms with E-state index in [1.54, 1.807) is 31.2 Å². The van der Waals surface area contributed by atoms with Crippen LogP contribution in [0.3, 0.4) is 0 Å². The Labute approximate surface area is 200 Å². The van der Waals surface area contributed by atoms with E-state index in [9.17, 15) is 9.59 Å². The first-order chi connectivity index (χ1) is 15.4. The van der Waals surface area contributed by atoms with Gasteiger partial charge in [0, 0.05) is 37.7 Å². The lowest BCUT2D eigenvalue weighted by atomic mass is 10.0. The van der Waals surface area contributed by atoms with Gasteiger partial charge < -0.3 is 10.1 Å². The lowest BCUT2D eigenvalue weighted by molar-refractivity contribution is -0.122. The fourth-order valence-corrected chi connectivity index (χ4v) is 4.12. The van der Waals surface area contributed by atoms with Gasteiger partial charge in [-0.2, -0.15) is 0 Å². The lowest BCUT2D eigenvalue weighted by Crippen LogP contribution is -2.44. The predicted octanol–water partition coefficient (Wildman–Crippen LogP) is 5.53. The Morgan fingerprint density at radius 2 is 1.75 bits per heavy atom. The second-order valence-electron chi connectivity index (χ2n) is 8.25. The number of ketones is 1. The number of hydrogen-bond donors (Lipinski definition) is 1. The lowest BCUT2D eigenvalue weighted by Gasteiger charge is -2.32. The Bertz CT molecular complexity index is 910. The number of nitrogens with one attached hydrogen (secondary N) is 1. The van der Waals surface area contributed by atoms with Gasteiger partial charge in [-0.05, 0) is 74.6 Å². The van der Waals surface area contributed by atoms with Gasteiger partial charge in [-0.1, -0.05) is 29.3 Å². The SMILES string of the molecule is CC(=O)c1ccc(OCCCCC(=O)NC2CCN(Cc3ccc(Cl)c(Cl)c3)CC2)cc1. The quantitative estimate of drug-likeness (QED) is 0.361. The van der Waals surface area contributed by atoms with Crippen molar-refractivity contribution in [2.45, 2.75) is 51.6 Å². The highest BCUT2D eigenvalue weighted by molar-refractivity contribution is 6.42. The van der Waals surface area contributed by atoms with E-state index in [2.05, 4.69) is 10.2 Å². The van der Waals surface area contributed by atoms with Gasteiger partial charge in [0.05, 0.1) is 16.7 Å². The monoisotopic (exact) mass is 476 g/mol. The molecule has 0 saturated carbocycles. The van der Waals surface area contributed by atoms with Gasteiger partial charge in [0.1, 0.15) is 5.75 Å². The molecule has 2 aromatic rings. The minimum Gasteiger partial charge on any atom is -0.494 e. The number of hydrogen-bond acceptors (Lipinski definition) is 4. The van der Waals surface area contributed by atoms with Crippen molar-refractivity contribution in [1.29, 1.82) is 0 Å². The maximum atomic E-state index is 12.3. The first kappa shape index (κ1) is 24.6. The van der Waals surface area contributed by atoms with Gasteiger partial charge in [-0.25, -0.2) is 0 Å². The number of halogens is 2. The summed E-state index contributed by atoms with van der Waals surface area (Å²) in [5.74, 6) is 0.894. The third kappa shape index (κ3) is 7.80. The molecule has 0 unspecified atom stereocenters. The highest BCUT2D eigenvalue weighted by atomic mass is 35.5.